The molecule has 1 aliphatic heterocycles. The van der Waals surface area contributed by atoms with Crippen LogP contribution in [0.2, 0.25) is 0 Å². The Balaban J connectivity index is 1.62. The predicted octanol–water partition coefficient (Wildman–Crippen LogP) is 0.857. The van der Waals surface area contributed by atoms with Crippen molar-refractivity contribution in [1.29, 1.82) is 0 Å². The summed E-state index contributed by atoms with van der Waals surface area (Å²) in [5.74, 6) is 0.901. The van der Waals surface area contributed by atoms with Crippen LogP contribution in [0.25, 0.3) is 0 Å². The number of rotatable bonds is 8. The van der Waals surface area contributed by atoms with E-state index in [0.29, 0.717) is 19.5 Å². The average molecular weight is 292 g/mol. The van der Waals surface area contributed by atoms with Gasteiger partial charge < -0.3 is 20.5 Å². The zero-order chi connectivity index (χ0) is 15.1. The van der Waals surface area contributed by atoms with E-state index < -0.39 is 6.10 Å². The van der Waals surface area contributed by atoms with E-state index in [0.717, 1.165) is 18.6 Å². The number of hydrogen-bond donors (Lipinski definition) is 3. The lowest BCUT2D eigenvalue weighted by atomic mass is 10.2. The Hall–Kier alpha value is -1.59. The SMILES string of the molecule is CCc1cccc(OCC(O)CNCC2CCC(=O)N2)c1. The minimum absolute atomic E-state index is 0.112. The van der Waals surface area contributed by atoms with Crippen LogP contribution in [-0.2, 0) is 11.2 Å². The normalized spacial score (nSPS) is 19.3. The van der Waals surface area contributed by atoms with E-state index in [-0.39, 0.29) is 18.6 Å². The molecule has 2 atom stereocenters. The van der Waals surface area contributed by atoms with Gasteiger partial charge in [-0.05, 0) is 30.5 Å². The monoisotopic (exact) mass is 292 g/mol. The molecule has 21 heavy (non-hydrogen) atoms. The summed E-state index contributed by atoms with van der Waals surface area (Å²) >= 11 is 0. The smallest absolute Gasteiger partial charge is 0.220 e. The maximum Gasteiger partial charge on any atom is 0.220 e. The fourth-order valence-corrected chi connectivity index (χ4v) is 2.36. The molecule has 1 heterocycles. The van der Waals surface area contributed by atoms with Crippen LogP contribution in [0.5, 0.6) is 5.75 Å². The van der Waals surface area contributed by atoms with E-state index in [2.05, 4.69) is 23.6 Å². The highest BCUT2D eigenvalue weighted by molar-refractivity contribution is 5.78. The predicted molar refractivity (Wildman–Crippen MR) is 81.4 cm³/mol. The van der Waals surface area contributed by atoms with Crippen molar-refractivity contribution in [2.75, 3.05) is 19.7 Å². The zero-order valence-electron chi connectivity index (χ0n) is 12.5. The molecule has 2 unspecified atom stereocenters. The molecule has 0 saturated carbocycles. The van der Waals surface area contributed by atoms with Gasteiger partial charge in [0.25, 0.3) is 0 Å². The number of aryl methyl sites for hydroxylation is 1. The first-order chi connectivity index (χ1) is 10.2. The lowest BCUT2D eigenvalue weighted by Crippen LogP contribution is -2.40. The Morgan fingerprint density at radius 2 is 2.38 bits per heavy atom. The second kappa shape index (κ2) is 8.00. The van der Waals surface area contributed by atoms with Crippen molar-refractivity contribution in [2.24, 2.45) is 0 Å². The summed E-state index contributed by atoms with van der Waals surface area (Å²) in [4.78, 5) is 11.1. The summed E-state index contributed by atoms with van der Waals surface area (Å²) in [6, 6.07) is 8.09. The summed E-state index contributed by atoms with van der Waals surface area (Å²) in [6.07, 6.45) is 1.87. The van der Waals surface area contributed by atoms with Crippen LogP contribution < -0.4 is 15.4 Å². The number of aliphatic hydroxyl groups excluding tert-OH is 1. The molecule has 0 spiro atoms. The van der Waals surface area contributed by atoms with E-state index in [1.807, 2.05) is 18.2 Å². The molecule has 1 amide bonds. The highest BCUT2D eigenvalue weighted by Crippen LogP contribution is 2.13. The van der Waals surface area contributed by atoms with Crippen LogP contribution in [0.15, 0.2) is 24.3 Å². The quantitative estimate of drug-likeness (QED) is 0.664. The van der Waals surface area contributed by atoms with Crippen molar-refractivity contribution in [1.82, 2.24) is 10.6 Å². The summed E-state index contributed by atoms with van der Waals surface area (Å²) in [6.45, 7) is 3.50. The largest absolute Gasteiger partial charge is 0.491 e. The molecule has 0 aromatic heterocycles. The molecule has 1 fully saturated rings. The van der Waals surface area contributed by atoms with Crippen LogP contribution in [0.1, 0.15) is 25.3 Å². The van der Waals surface area contributed by atoms with Gasteiger partial charge in [0, 0.05) is 25.6 Å². The lowest BCUT2D eigenvalue weighted by Gasteiger charge is -2.16. The number of carbonyl (C=O) groups is 1. The third-order valence-electron chi connectivity index (χ3n) is 3.60. The van der Waals surface area contributed by atoms with Crippen molar-refractivity contribution >= 4 is 5.91 Å². The van der Waals surface area contributed by atoms with Gasteiger partial charge in [-0.2, -0.15) is 0 Å². The van der Waals surface area contributed by atoms with Gasteiger partial charge >= 0.3 is 0 Å². The summed E-state index contributed by atoms with van der Waals surface area (Å²) in [5.41, 5.74) is 1.22. The number of ether oxygens (including phenoxy) is 1. The summed E-state index contributed by atoms with van der Waals surface area (Å²) in [7, 11) is 0. The minimum Gasteiger partial charge on any atom is -0.491 e. The van der Waals surface area contributed by atoms with Crippen molar-refractivity contribution in [3.05, 3.63) is 29.8 Å². The molecule has 1 saturated heterocycles. The van der Waals surface area contributed by atoms with E-state index in [1.165, 1.54) is 5.56 Å². The molecule has 0 radical (unpaired) electrons. The lowest BCUT2D eigenvalue weighted by molar-refractivity contribution is -0.119. The summed E-state index contributed by atoms with van der Waals surface area (Å²) in [5, 5.41) is 15.9. The summed E-state index contributed by atoms with van der Waals surface area (Å²) < 4.78 is 5.59. The van der Waals surface area contributed by atoms with E-state index in [9.17, 15) is 9.90 Å². The highest BCUT2D eigenvalue weighted by Gasteiger charge is 2.20. The first-order valence-electron chi connectivity index (χ1n) is 7.57. The standard InChI is InChI=1S/C16H24N2O3/c1-2-12-4-3-5-15(8-12)21-11-14(19)10-17-9-13-6-7-16(20)18-13/h3-5,8,13-14,17,19H,2,6-7,9-11H2,1H3,(H,18,20). The first-order valence-corrected chi connectivity index (χ1v) is 7.57. The minimum atomic E-state index is -0.563. The van der Waals surface area contributed by atoms with Gasteiger partial charge in [0.2, 0.25) is 5.91 Å². The third kappa shape index (κ3) is 5.36. The Morgan fingerprint density at radius 1 is 1.52 bits per heavy atom. The zero-order valence-corrected chi connectivity index (χ0v) is 12.5. The molecule has 1 aromatic carbocycles. The molecule has 0 bridgehead atoms. The Morgan fingerprint density at radius 3 is 3.10 bits per heavy atom. The first kappa shape index (κ1) is 15.8. The number of amides is 1. The third-order valence-corrected chi connectivity index (χ3v) is 3.60. The second-order valence-corrected chi connectivity index (χ2v) is 5.43. The van der Waals surface area contributed by atoms with Gasteiger partial charge in [0.05, 0.1) is 0 Å². The van der Waals surface area contributed by atoms with Crippen molar-refractivity contribution in [3.63, 3.8) is 0 Å². The molecule has 0 aliphatic carbocycles. The van der Waals surface area contributed by atoms with Gasteiger partial charge in [0.15, 0.2) is 0 Å². The number of hydrogen-bond acceptors (Lipinski definition) is 4. The second-order valence-electron chi connectivity index (χ2n) is 5.43. The van der Waals surface area contributed by atoms with E-state index in [4.69, 9.17) is 4.74 Å². The fraction of sp³-hybridized carbons (Fsp3) is 0.562. The molecule has 116 valence electrons. The molecule has 5 heteroatoms. The van der Waals surface area contributed by atoms with Crippen LogP contribution in [-0.4, -0.2) is 42.9 Å². The molecule has 5 nitrogen and oxygen atoms in total. The van der Waals surface area contributed by atoms with Gasteiger partial charge in [0.1, 0.15) is 18.5 Å². The number of benzene rings is 1. The molecular weight excluding hydrogens is 268 g/mol. The maximum absolute atomic E-state index is 11.1. The van der Waals surface area contributed by atoms with Crippen LogP contribution in [0.3, 0.4) is 0 Å². The molecular formula is C16H24N2O3. The molecule has 3 N–H and O–H groups in total. The number of aliphatic hydroxyl groups is 1. The molecule has 1 aliphatic rings. The van der Waals surface area contributed by atoms with Gasteiger partial charge in [-0.1, -0.05) is 19.1 Å². The van der Waals surface area contributed by atoms with Crippen LogP contribution in [0, 0.1) is 0 Å². The van der Waals surface area contributed by atoms with Gasteiger partial charge in [-0.25, -0.2) is 0 Å². The fourth-order valence-electron chi connectivity index (χ4n) is 2.36. The van der Waals surface area contributed by atoms with Gasteiger partial charge in [-0.15, -0.1) is 0 Å². The average Bonchev–Trinajstić information content (AvgIpc) is 2.91. The Kier molecular flexibility index (Phi) is 6.02. The molecule has 1 aromatic rings. The van der Waals surface area contributed by atoms with E-state index >= 15 is 0 Å². The Bertz CT molecular complexity index is 465. The van der Waals surface area contributed by atoms with Gasteiger partial charge in [-0.3, -0.25) is 4.79 Å². The van der Waals surface area contributed by atoms with Crippen molar-refractivity contribution < 1.29 is 14.6 Å². The number of carbonyl (C=O) groups excluding carboxylic acids is 1. The highest BCUT2D eigenvalue weighted by atomic mass is 16.5. The Labute approximate surface area is 125 Å². The van der Waals surface area contributed by atoms with Crippen LogP contribution >= 0.6 is 0 Å². The maximum atomic E-state index is 11.1. The molecule has 2 rings (SSSR count). The van der Waals surface area contributed by atoms with Crippen molar-refractivity contribution in [2.45, 2.75) is 38.3 Å². The van der Waals surface area contributed by atoms with E-state index in [1.54, 1.807) is 0 Å². The van der Waals surface area contributed by atoms with Crippen molar-refractivity contribution in [3.8, 4) is 5.75 Å². The topological polar surface area (TPSA) is 70.6 Å². The number of nitrogens with one attached hydrogen (secondary N) is 2. The van der Waals surface area contributed by atoms with Crippen LogP contribution in [0.4, 0.5) is 0 Å².